The predicted molar refractivity (Wildman–Crippen MR) is 93.9 cm³/mol. The SMILES string of the molecule is CS(=O)(=O)N1CCN(C(=O)Cn2nnc(-c3ccc(Br)cc3)n2)CC1. The second-order valence-corrected chi connectivity index (χ2v) is 8.59. The Bertz CT molecular complexity index is 859. The fraction of sp³-hybridized carbons (Fsp3) is 0.429. The van der Waals surface area contributed by atoms with Crippen molar-refractivity contribution in [2.75, 3.05) is 32.4 Å². The molecule has 0 N–H and O–H groups in total. The van der Waals surface area contributed by atoms with Crippen molar-refractivity contribution in [3.63, 3.8) is 0 Å². The smallest absolute Gasteiger partial charge is 0.246 e. The van der Waals surface area contributed by atoms with Crippen LogP contribution in [0.3, 0.4) is 0 Å². The zero-order valence-corrected chi connectivity index (χ0v) is 15.9. The van der Waals surface area contributed by atoms with Gasteiger partial charge in [0.15, 0.2) is 0 Å². The number of carbonyl (C=O) groups excluding carboxylic acids is 1. The maximum Gasteiger partial charge on any atom is 0.246 e. The van der Waals surface area contributed by atoms with E-state index in [-0.39, 0.29) is 12.5 Å². The Balaban J connectivity index is 1.60. The topological polar surface area (TPSA) is 101 Å². The monoisotopic (exact) mass is 428 g/mol. The first-order valence-electron chi connectivity index (χ1n) is 7.59. The summed E-state index contributed by atoms with van der Waals surface area (Å²) in [5, 5.41) is 12.1. The van der Waals surface area contributed by atoms with Gasteiger partial charge in [0.05, 0.1) is 6.26 Å². The number of piperazine rings is 1. The maximum atomic E-state index is 12.3. The Morgan fingerprint density at radius 2 is 1.80 bits per heavy atom. The van der Waals surface area contributed by atoms with Gasteiger partial charge in [0, 0.05) is 36.2 Å². The van der Waals surface area contributed by atoms with Crippen LogP contribution in [0.2, 0.25) is 0 Å². The third kappa shape index (κ3) is 4.41. The minimum Gasteiger partial charge on any atom is -0.338 e. The van der Waals surface area contributed by atoms with Gasteiger partial charge in [0.2, 0.25) is 21.8 Å². The van der Waals surface area contributed by atoms with E-state index in [4.69, 9.17) is 0 Å². The lowest BCUT2D eigenvalue weighted by Gasteiger charge is -2.33. The third-order valence-electron chi connectivity index (χ3n) is 3.89. The number of amides is 1. The number of rotatable bonds is 4. The van der Waals surface area contributed by atoms with Crippen LogP contribution in [0.25, 0.3) is 11.4 Å². The number of carbonyl (C=O) groups is 1. The van der Waals surface area contributed by atoms with Crippen LogP contribution in [-0.4, -0.2) is 76.2 Å². The Morgan fingerprint density at radius 3 is 2.40 bits per heavy atom. The van der Waals surface area contributed by atoms with Gasteiger partial charge in [-0.1, -0.05) is 15.9 Å². The van der Waals surface area contributed by atoms with Gasteiger partial charge in [-0.25, -0.2) is 8.42 Å². The number of sulfonamides is 1. The van der Waals surface area contributed by atoms with Gasteiger partial charge in [0.1, 0.15) is 6.54 Å². The highest BCUT2D eigenvalue weighted by molar-refractivity contribution is 9.10. The summed E-state index contributed by atoms with van der Waals surface area (Å²) in [5.74, 6) is 0.287. The summed E-state index contributed by atoms with van der Waals surface area (Å²) in [5.41, 5.74) is 0.809. The molecule has 9 nitrogen and oxygen atoms in total. The Labute approximate surface area is 153 Å². The van der Waals surface area contributed by atoms with Gasteiger partial charge < -0.3 is 4.90 Å². The molecule has 1 aliphatic rings. The fourth-order valence-corrected chi connectivity index (χ4v) is 3.61. The molecule has 1 saturated heterocycles. The molecule has 0 bridgehead atoms. The molecule has 3 rings (SSSR count). The molecular formula is C14H17BrN6O3S. The lowest BCUT2D eigenvalue weighted by Crippen LogP contribution is -2.51. The van der Waals surface area contributed by atoms with E-state index in [2.05, 4.69) is 31.3 Å². The van der Waals surface area contributed by atoms with E-state index in [0.29, 0.717) is 32.0 Å². The molecule has 0 aliphatic carbocycles. The Kier molecular flexibility index (Phi) is 5.16. The third-order valence-corrected chi connectivity index (χ3v) is 5.72. The molecule has 1 fully saturated rings. The summed E-state index contributed by atoms with van der Waals surface area (Å²) in [6.07, 6.45) is 1.17. The number of nitrogens with zero attached hydrogens (tertiary/aromatic N) is 6. The van der Waals surface area contributed by atoms with Crippen molar-refractivity contribution in [3.8, 4) is 11.4 Å². The van der Waals surface area contributed by atoms with Crippen LogP contribution in [0.4, 0.5) is 0 Å². The predicted octanol–water partition coefficient (Wildman–Crippen LogP) is 0.206. The van der Waals surface area contributed by atoms with Crippen LogP contribution in [0.15, 0.2) is 28.7 Å². The van der Waals surface area contributed by atoms with Crippen LogP contribution in [0.5, 0.6) is 0 Å². The van der Waals surface area contributed by atoms with Gasteiger partial charge in [-0.05, 0) is 29.5 Å². The zero-order chi connectivity index (χ0) is 18.0. The van der Waals surface area contributed by atoms with E-state index in [9.17, 15) is 13.2 Å². The summed E-state index contributed by atoms with van der Waals surface area (Å²) < 4.78 is 25.3. The molecule has 2 heterocycles. The van der Waals surface area contributed by atoms with Crippen LogP contribution < -0.4 is 0 Å². The van der Waals surface area contributed by atoms with E-state index in [1.807, 2.05) is 24.3 Å². The number of benzene rings is 1. The molecule has 1 aromatic carbocycles. The quantitative estimate of drug-likeness (QED) is 0.689. The lowest BCUT2D eigenvalue weighted by atomic mass is 10.2. The summed E-state index contributed by atoms with van der Waals surface area (Å²) in [6, 6.07) is 7.47. The van der Waals surface area contributed by atoms with Gasteiger partial charge in [-0.3, -0.25) is 4.79 Å². The first kappa shape index (κ1) is 18.0. The molecule has 0 unspecified atom stereocenters. The molecule has 25 heavy (non-hydrogen) atoms. The summed E-state index contributed by atoms with van der Waals surface area (Å²) >= 11 is 3.36. The highest BCUT2D eigenvalue weighted by Crippen LogP contribution is 2.17. The molecule has 1 aromatic heterocycles. The molecule has 0 spiro atoms. The number of hydrogen-bond donors (Lipinski definition) is 0. The minimum absolute atomic E-state index is 0.0254. The second kappa shape index (κ2) is 7.18. The summed E-state index contributed by atoms with van der Waals surface area (Å²) in [7, 11) is -3.21. The van der Waals surface area contributed by atoms with Gasteiger partial charge in [-0.2, -0.15) is 9.10 Å². The summed E-state index contributed by atoms with van der Waals surface area (Å²) in [4.78, 5) is 15.2. The molecule has 134 valence electrons. The van der Waals surface area contributed by atoms with Crippen molar-refractivity contribution >= 4 is 31.9 Å². The highest BCUT2D eigenvalue weighted by atomic mass is 79.9. The largest absolute Gasteiger partial charge is 0.338 e. The highest BCUT2D eigenvalue weighted by Gasteiger charge is 2.26. The molecule has 1 amide bonds. The number of halogens is 1. The molecule has 11 heteroatoms. The minimum atomic E-state index is -3.21. The fourth-order valence-electron chi connectivity index (χ4n) is 2.51. The van der Waals surface area contributed by atoms with Crippen molar-refractivity contribution in [3.05, 3.63) is 28.7 Å². The number of tetrazole rings is 1. The average Bonchev–Trinajstić information content (AvgIpc) is 3.03. The van der Waals surface area contributed by atoms with Crippen molar-refractivity contribution in [1.29, 1.82) is 0 Å². The lowest BCUT2D eigenvalue weighted by molar-refractivity contribution is -0.133. The zero-order valence-electron chi connectivity index (χ0n) is 13.5. The van der Waals surface area contributed by atoms with Gasteiger partial charge in [0.25, 0.3) is 0 Å². The molecule has 1 aliphatic heterocycles. The number of aromatic nitrogens is 4. The Hall–Kier alpha value is -1.85. The average molecular weight is 429 g/mol. The van der Waals surface area contributed by atoms with E-state index < -0.39 is 10.0 Å². The maximum absolute atomic E-state index is 12.3. The Morgan fingerprint density at radius 1 is 1.16 bits per heavy atom. The molecule has 0 radical (unpaired) electrons. The molecule has 0 saturated carbocycles. The number of hydrogen-bond acceptors (Lipinski definition) is 6. The first-order chi connectivity index (χ1) is 11.8. The van der Waals surface area contributed by atoms with Crippen molar-refractivity contribution < 1.29 is 13.2 Å². The van der Waals surface area contributed by atoms with Crippen LogP contribution in [-0.2, 0) is 21.4 Å². The van der Waals surface area contributed by atoms with Crippen molar-refractivity contribution in [1.82, 2.24) is 29.4 Å². The molecular weight excluding hydrogens is 412 g/mol. The first-order valence-corrected chi connectivity index (χ1v) is 10.2. The van der Waals surface area contributed by atoms with Crippen LogP contribution in [0, 0.1) is 0 Å². The molecule has 0 atom stereocenters. The van der Waals surface area contributed by atoms with E-state index >= 15 is 0 Å². The summed E-state index contributed by atoms with van der Waals surface area (Å²) in [6.45, 7) is 1.31. The van der Waals surface area contributed by atoms with E-state index in [0.717, 1.165) is 10.0 Å². The van der Waals surface area contributed by atoms with Gasteiger partial charge in [-0.15, -0.1) is 10.2 Å². The molecule has 2 aromatic rings. The van der Waals surface area contributed by atoms with Crippen molar-refractivity contribution in [2.24, 2.45) is 0 Å². The normalized spacial score (nSPS) is 16.2. The van der Waals surface area contributed by atoms with E-state index in [1.54, 1.807) is 4.90 Å². The van der Waals surface area contributed by atoms with Gasteiger partial charge >= 0.3 is 0 Å². The standard InChI is InChI=1S/C14H17BrN6O3S/c1-25(23,24)20-8-6-19(7-9-20)13(22)10-21-17-14(16-18-21)11-2-4-12(15)5-3-11/h2-5H,6-10H2,1H3. The van der Waals surface area contributed by atoms with Crippen molar-refractivity contribution in [2.45, 2.75) is 6.54 Å². The van der Waals surface area contributed by atoms with Crippen LogP contribution in [0.1, 0.15) is 0 Å². The van der Waals surface area contributed by atoms with Crippen LogP contribution >= 0.6 is 15.9 Å². The second-order valence-electron chi connectivity index (χ2n) is 5.69. The van der Waals surface area contributed by atoms with E-state index in [1.165, 1.54) is 15.4 Å².